The molecule has 0 atom stereocenters. The number of aromatic nitrogens is 3. The molecule has 0 unspecified atom stereocenters. The lowest BCUT2D eigenvalue weighted by Gasteiger charge is -2.11. The third-order valence-electron chi connectivity index (χ3n) is 3.13. The van der Waals surface area contributed by atoms with Gasteiger partial charge in [-0.15, -0.1) is 0 Å². The summed E-state index contributed by atoms with van der Waals surface area (Å²) in [4.78, 5) is 27.6. The Hall–Kier alpha value is -2.57. The predicted octanol–water partition coefficient (Wildman–Crippen LogP) is 0.490. The van der Waals surface area contributed by atoms with Gasteiger partial charge in [0.1, 0.15) is 0 Å². The number of ether oxygens (including phenoxy) is 1. The Kier molecular flexibility index (Phi) is 4.42. The zero-order chi connectivity index (χ0) is 15.4. The minimum atomic E-state index is -0.343. The molecule has 7 nitrogen and oxygen atoms in total. The van der Waals surface area contributed by atoms with E-state index in [1.165, 1.54) is 17.7 Å². The van der Waals surface area contributed by atoms with Crippen molar-refractivity contribution >= 4 is 5.69 Å². The summed E-state index contributed by atoms with van der Waals surface area (Å²) in [5, 5.41) is 3.12. The van der Waals surface area contributed by atoms with Gasteiger partial charge in [0.2, 0.25) is 5.88 Å². The van der Waals surface area contributed by atoms with Crippen LogP contribution in [0.25, 0.3) is 0 Å². The summed E-state index contributed by atoms with van der Waals surface area (Å²) in [6, 6.07) is 5.03. The Morgan fingerprint density at radius 2 is 2.00 bits per heavy atom. The van der Waals surface area contributed by atoms with Gasteiger partial charge < -0.3 is 10.1 Å². The molecule has 2 aromatic rings. The van der Waals surface area contributed by atoms with Crippen molar-refractivity contribution < 1.29 is 4.74 Å². The first-order chi connectivity index (χ1) is 10.0. The van der Waals surface area contributed by atoms with E-state index in [1.54, 1.807) is 19.3 Å². The second-order valence-corrected chi connectivity index (χ2v) is 4.55. The average Bonchev–Trinajstić information content (AvgIpc) is 2.49. The lowest BCUT2D eigenvalue weighted by Crippen LogP contribution is -2.38. The van der Waals surface area contributed by atoms with E-state index in [0.717, 1.165) is 10.3 Å². The van der Waals surface area contributed by atoms with Crippen molar-refractivity contribution in [2.75, 3.05) is 11.9 Å². The van der Waals surface area contributed by atoms with Gasteiger partial charge in [0.05, 0.1) is 25.0 Å². The van der Waals surface area contributed by atoms with E-state index in [-0.39, 0.29) is 11.2 Å². The lowest BCUT2D eigenvalue weighted by atomic mass is 10.3. The Morgan fingerprint density at radius 3 is 2.62 bits per heavy atom. The fourth-order valence-electron chi connectivity index (χ4n) is 1.86. The number of hydrogen-bond acceptors (Lipinski definition) is 5. The maximum absolute atomic E-state index is 11.8. The van der Waals surface area contributed by atoms with E-state index in [2.05, 4.69) is 10.3 Å². The van der Waals surface area contributed by atoms with Crippen LogP contribution in [0.15, 0.2) is 34.0 Å². The van der Waals surface area contributed by atoms with E-state index in [4.69, 9.17) is 4.74 Å². The molecule has 0 aliphatic heterocycles. The van der Waals surface area contributed by atoms with Crippen LogP contribution in [0.2, 0.25) is 0 Å². The quantitative estimate of drug-likeness (QED) is 0.867. The van der Waals surface area contributed by atoms with Crippen LogP contribution in [0.1, 0.15) is 12.6 Å². The molecule has 2 heterocycles. The highest BCUT2D eigenvalue weighted by atomic mass is 16.5. The van der Waals surface area contributed by atoms with Crippen LogP contribution in [0.4, 0.5) is 5.69 Å². The molecule has 0 radical (unpaired) electrons. The van der Waals surface area contributed by atoms with E-state index >= 15 is 0 Å². The molecule has 0 aliphatic rings. The van der Waals surface area contributed by atoms with Crippen LogP contribution in [0, 0.1) is 0 Å². The summed E-state index contributed by atoms with van der Waals surface area (Å²) < 4.78 is 7.77. The topological polar surface area (TPSA) is 78.1 Å². The molecule has 0 saturated heterocycles. The van der Waals surface area contributed by atoms with Crippen LogP contribution in [0.3, 0.4) is 0 Å². The minimum Gasteiger partial charge on any atom is -0.478 e. The first-order valence-corrected chi connectivity index (χ1v) is 6.61. The molecular weight excluding hydrogens is 272 g/mol. The van der Waals surface area contributed by atoms with Gasteiger partial charge in [-0.3, -0.25) is 13.9 Å². The van der Waals surface area contributed by atoms with Crippen LogP contribution < -0.4 is 21.3 Å². The maximum Gasteiger partial charge on any atom is 0.330 e. The summed E-state index contributed by atoms with van der Waals surface area (Å²) in [5.41, 5.74) is 0.729. The molecule has 2 rings (SSSR count). The van der Waals surface area contributed by atoms with Crippen LogP contribution >= 0.6 is 0 Å². The molecule has 0 bridgehead atoms. The highest BCUT2D eigenvalue weighted by Gasteiger charge is 2.05. The number of nitrogens with zero attached hydrogens (tertiary/aromatic N) is 3. The lowest BCUT2D eigenvalue weighted by molar-refractivity contribution is 0.327. The number of pyridine rings is 1. The summed E-state index contributed by atoms with van der Waals surface area (Å²) in [5.74, 6) is 0.559. The third-order valence-corrected chi connectivity index (χ3v) is 3.13. The molecular formula is C14H18N4O3. The number of nitrogens with one attached hydrogen (secondary N) is 1. The normalized spacial score (nSPS) is 10.4. The van der Waals surface area contributed by atoms with E-state index < -0.39 is 0 Å². The number of rotatable bonds is 5. The maximum atomic E-state index is 11.8. The fraction of sp³-hybridized carbons (Fsp3) is 0.357. The van der Waals surface area contributed by atoms with Crippen molar-refractivity contribution in [2.24, 2.45) is 14.1 Å². The van der Waals surface area contributed by atoms with Gasteiger partial charge in [0.25, 0.3) is 5.56 Å². The van der Waals surface area contributed by atoms with Crippen LogP contribution in [-0.4, -0.2) is 20.7 Å². The van der Waals surface area contributed by atoms with Gasteiger partial charge in [0.15, 0.2) is 0 Å². The molecule has 7 heteroatoms. The molecule has 0 aliphatic carbocycles. The molecule has 0 saturated carbocycles. The Morgan fingerprint density at radius 1 is 1.24 bits per heavy atom. The summed E-state index contributed by atoms with van der Waals surface area (Å²) >= 11 is 0. The monoisotopic (exact) mass is 290 g/mol. The second kappa shape index (κ2) is 6.25. The number of anilines is 1. The van der Waals surface area contributed by atoms with Crippen molar-refractivity contribution in [1.82, 2.24) is 14.1 Å². The van der Waals surface area contributed by atoms with Crippen LogP contribution in [0.5, 0.6) is 5.88 Å². The first-order valence-electron chi connectivity index (χ1n) is 6.61. The smallest absolute Gasteiger partial charge is 0.330 e. The highest BCUT2D eigenvalue weighted by molar-refractivity contribution is 5.42. The Labute approximate surface area is 121 Å². The Balaban J connectivity index is 2.13. The molecule has 21 heavy (non-hydrogen) atoms. The zero-order valence-electron chi connectivity index (χ0n) is 12.3. The van der Waals surface area contributed by atoms with Crippen molar-refractivity contribution in [3.05, 3.63) is 50.9 Å². The van der Waals surface area contributed by atoms with Gasteiger partial charge >= 0.3 is 5.69 Å². The summed E-state index contributed by atoms with van der Waals surface area (Å²) in [6.45, 7) is 2.82. The summed E-state index contributed by atoms with van der Waals surface area (Å²) in [7, 11) is 3.09. The third kappa shape index (κ3) is 3.31. The molecule has 0 fully saturated rings. The Bertz CT molecular complexity index is 731. The van der Waals surface area contributed by atoms with E-state index in [0.29, 0.717) is 24.7 Å². The fourth-order valence-corrected chi connectivity index (χ4v) is 1.86. The SMILES string of the molecule is CCOc1ccc(NCc2cc(=O)n(C)c(=O)n2C)cn1. The van der Waals surface area contributed by atoms with Crippen molar-refractivity contribution in [1.29, 1.82) is 0 Å². The van der Waals surface area contributed by atoms with Gasteiger partial charge in [-0.2, -0.15) is 0 Å². The molecule has 0 aromatic carbocycles. The molecule has 1 N–H and O–H groups in total. The molecule has 0 spiro atoms. The van der Waals surface area contributed by atoms with Crippen molar-refractivity contribution in [2.45, 2.75) is 13.5 Å². The van der Waals surface area contributed by atoms with E-state index in [1.807, 2.05) is 13.0 Å². The standard InChI is InChI=1S/C14H18N4O3/c1-4-21-12-6-5-10(8-16-12)15-9-11-7-13(19)18(3)14(20)17(11)2/h5-8,15H,4,9H2,1-3H3. The minimum absolute atomic E-state index is 0.320. The number of hydrogen-bond donors (Lipinski definition) is 1. The molecule has 112 valence electrons. The largest absolute Gasteiger partial charge is 0.478 e. The average molecular weight is 290 g/mol. The van der Waals surface area contributed by atoms with E-state index in [9.17, 15) is 9.59 Å². The van der Waals surface area contributed by atoms with Gasteiger partial charge in [-0.25, -0.2) is 9.78 Å². The second-order valence-electron chi connectivity index (χ2n) is 4.55. The predicted molar refractivity (Wildman–Crippen MR) is 79.7 cm³/mol. The van der Waals surface area contributed by atoms with Crippen molar-refractivity contribution in [3.63, 3.8) is 0 Å². The van der Waals surface area contributed by atoms with Gasteiger partial charge in [0, 0.05) is 31.9 Å². The van der Waals surface area contributed by atoms with Gasteiger partial charge in [-0.05, 0) is 13.0 Å². The van der Waals surface area contributed by atoms with Crippen molar-refractivity contribution in [3.8, 4) is 5.88 Å². The van der Waals surface area contributed by atoms with Gasteiger partial charge in [-0.1, -0.05) is 0 Å². The molecule has 0 amide bonds. The summed E-state index contributed by atoms with van der Waals surface area (Å²) in [6.07, 6.45) is 1.64. The van der Waals surface area contributed by atoms with Crippen LogP contribution in [-0.2, 0) is 20.6 Å². The highest BCUT2D eigenvalue weighted by Crippen LogP contribution is 2.12. The molecule has 2 aromatic heterocycles. The first kappa shape index (κ1) is 14.8. The zero-order valence-corrected chi connectivity index (χ0v) is 12.3.